The van der Waals surface area contributed by atoms with Crippen molar-refractivity contribution in [2.24, 2.45) is 0 Å². The van der Waals surface area contributed by atoms with E-state index in [9.17, 15) is 4.79 Å². The Labute approximate surface area is 159 Å². The maximum atomic E-state index is 12.6. The SMILES string of the molecule is O=C(CN1CCc2sccc2[C@@H]1c1cccs1)Nc1cccc(Cl)c1. The van der Waals surface area contributed by atoms with Crippen LogP contribution in [-0.2, 0) is 11.2 Å². The zero-order valence-corrected chi connectivity index (χ0v) is 15.8. The second-order valence-corrected chi connectivity index (χ2v) is 8.41. The second-order valence-electron chi connectivity index (χ2n) is 6.00. The van der Waals surface area contributed by atoms with Crippen LogP contribution in [0.3, 0.4) is 0 Å². The summed E-state index contributed by atoms with van der Waals surface area (Å²) in [5, 5.41) is 7.83. The number of halogens is 1. The smallest absolute Gasteiger partial charge is 0.238 e. The first-order valence-corrected chi connectivity index (χ1v) is 10.2. The normalized spacial score (nSPS) is 17.2. The number of thiophene rings is 2. The number of fused-ring (bicyclic) bond motifs is 1. The fourth-order valence-corrected chi connectivity index (χ4v) is 5.24. The molecule has 1 aliphatic heterocycles. The zero-order chi connectivity index (χ0) is 17.2. The number of rotatable bonds is 4. The quantitative estimate of drug-likeness (QED) is 0.678. The molecule has 128 valence electrons. The van der Waals surface area contributed by atoms with Gasteiger partial charge in [0.25, 0.3) is 0 Å². The first kappa shape index (κ1) is 16.8. The van der Waals surface area contributed by atoms with E-state index >= 15 is 0 Å². The van der Waals surface area contributed by atoms with Crippen LogP contribution in [0.15, 0.2) is 53.2 Å². The lowest BCUT2D eigenvalue weighted by molar-refractivity contribution is -0.117. The molecule has 3 heterocycles. The summed E-state index contributed by atoms with van der Waals surface area (Å²) in [6.45, 7) is 1.25. The average molecular weight is 389 g/mol. The van der Waals surface area contributed by atoms with Gasteiger partial charge in [0.1, 0.15) is 0 Å². The van der Waals surface area contributed by atoms with Crippen molar-refractivity contribution in [2.75, 3.05) is 18.4 Å². The highest BCUT2D eigenvalue weighted by atomic mass is 35.5. The monoisotopic (exact) mass is 388 g/mol. The van der Waals surface area contributed by atoms with Crippen molar-refractivity contribution in [3.05, 3.63) is 73.6 Å². The van der Waals surface area contributed by atoms with Crippen molar-refractivity contribution in [1.82, 2.24) is 4.90 Å². The predicted molar refractivity (Wildman–Crippen MR) is 106 cm³/mol. The molecule has 25 heavy (non-hydrogen) atoms. The highest BCUT2D eigenvalue weighted by Crippen LogP contribution is 2.39. The summed E-state index contributed by atoms with van der Waals surface area (Å²) in [7, 11) is 0. The minimum absolute atomic E-state index is 0.0116. The largest absolute Gasteiger partial charge is 0.325 e. The molecule has 0 bridgehead atoms. The third kappa shape index (κ3) is 3.65. The fraction of sp³-hybridized carbons (Fsp3) is 0.211. The molecular formula is C19H17ClN2OS2. The Hall–Kier alpha value is -1.66. The molecule has 1 aromatic carbocycles. The molecule has 1 atom stereocenters. The Morgan fingerprint density at radius 1 is 1.20 bits per heavy atom. The molecule has 0 radical (unpaired) electrons. The average Bonchev–Trinajstić information content (AvgIpc) is 3.26. The van der Waals surface area contributed by atoms with E-state index in [2.05, 4.69) is 39.2 Å². The van der Waals surface area contributed by atoms with Gasteiger partial charge in [0, 0.05) is 27.0 Å². The van der Waals surface area contributed by atoms with Gasteiger partial charge in [-0.2, -0.15) is 0 Å². The van der Waals surface area contributed by atoms with Gasteiger partial charge >= 0.3 is 0 Å². The van der Waals surface area contributed by atoms with E-state index in [0.29, 0.717) is 11.6 Å². The number of amides is 1. The van der Waals surface area contributed by atoms with Crippen molar-refractivity contribution >= 4 is 45.9 Å². The number of nitrogens with one attached hydrogen (secondary N) is 1. The molecule has 0 fully saturated rings. The standard InChI is InChI=1S/C19H17ClN2OS2/c20-13-3-1-4-14(11-13)21-18(23)12-22-8-6-16-15(7-10-25-16)19(22)17-5-2-9-24-17/h1-5,7,9-11,19H,6,8,12H2,(H,21,23)/t19-/m1/s1. The molecule has 3 nitrogen and oxygen atoms in total. The minimum atomic E-state index is -0.0116. The van der Waals surface area contributed by atoms with Gasteiger partial charge in [-0.15, -0.1) is 22.7 Å². The highest BCUT2D eigenvalue weighted by Gasteiger charge is 2.31. The van der Waals surface area contributed by atoms with E-state index in [0.717, 1.165) is 18.7 Å². The first-order valence-electron chi connectivity index (χ1n) is 8.10. The van der Waals surface area contributed by atoms with E-state index in [-0.39, 0.29) is 11.9 Å². The molecule has 0 saturated carbocycles. The minimum Gasteiger partial charge on any atom is -0.325 e. The number of hydrogen-bond donors (Lipinski definition) is 1. The van der Waals surface area contributed by atoms with Crippen LogP contribution in [0, 0.1) is 0 Å². The van der Waals surface area contributed by atoms with Crippen LogP contribution in [0.1, 0.15) is 21.4 Å². The Bertz CT molecular complexity index is 875. The molecule has 3 aromatic rings. The van der Waals surface area contributed by atoms with Crippen molar-refractivity contribution < 1.29 is 4.79 Å². The Morgan fingerprint density at radius 3 is 2.92 bits per heavy atom. The molecule has 0 saturated heterocycles. The Kier molecular flexibility index (Phi) is 4.90. The molecule has 1 aliphatic rings. The van der Waals surface area contributed by atoms with E-state index in [1.54, 1.807) is 23.5 Å². The molecule has 1 amide bonds. The van der Waals surface area contributed by atoms with Crippen molar-refractivity contribution in [1.29, 1.82) is 0 Å². The summed E-state index contributed by atoms with van der Waals surface area (Å²) in [5.41, 5.74) is 2.08. The summed E-state index contributed by atoms with van der Waals surface area (Å²) < 4.78 is 0. The lowest BCUT2D eigenvalue weighted by Crippen LogP contribution is -2.40. The van der Waals surface area contributed by atoms with E-state index in [1.165, 1.54) is 15.3 Å². The van der Waals surface area contributed by atoms with Crippen molar-refractivity contribution in [2.45, 2.75) is 12.5 Å². The maximum Gasteiger partial charge on any atom is 0.238 e. The van der Waals surface area contributed by atoms with E-state index in [4.69, 9.17) is 11.6 Å². The van der Waals surface area contributed by atoms with Crippen LogP contribution in [0.5, 0.6) is 0 Å². The van der Waals surface area contributed by atoms with Crippen LogP contribution in [-0.4, -0.2) is 23.9 Å². The number of anilines is 1. The fourth-order valence-electron chi connectivity index (χ4n) is 3.27. The van der Waals surface area contributed by atoms with Crippen LogP contribution < -0.4 is 5.32 Å². The highest BCUT2D eigenvalue weighted by molar-refractivity contribution is 7.10. The molecular weight excluding hydrogens is 372 g/mol. The van der Waals surface area contributed by atoms with Gasteiger partial charge in [-0.1, -0.05) is 23.7 Å². The number of benzene rings is 1. The molecule has 4 rings (SSSR count). The van der Waals surface area contributed by atoms with Gasteiger partial charge in [-0.25, -0.2) is 0 Å². The number of carbonyl (C=O) groups is 1. The van der Waals surface area contributed by atoms with Gasteiger partial charge in [0.15, 0.2) is 0 Å². The molecule has 1 N–H and O–H groups in total. The summed E-state index contributed by atoms with van der Waals surface area (Å²) in [6, 6.07) is 13.9. The summed E-state index contributed by atoms with van der Waals surface area (Å²) in [6.07, 6.45) is 0.999. The van der Waals surface area contributed by atoms with Crippen LogP contribution in [0.4, 0.5) is 5.69 Å². The van der Waals surface area contributed by atoms with Gasteiger partial charge < -0.3 is 5.32 Å². The molecule has 0 spiro atoms. The zero-order valence-electron chi connectivity index (χ0n) is 13.4. The first-order chi connectivity index (χ1) is 12.2. The van der Waals surface area contributed by atoms with Gasteiger partial charge in [-0.05, 0) is 53.1 Å². The van der Waals surface area contributed by atoms with Gasteiger partial charge in [0.05, 0.1) is 12.6 Å². The second kappa shape index (κ2) is 7.30. The molecule has 6 heteroatoms. The molecule has 0 aliphatic carbocycles. The Morgan fingerprint density at radius 2 is 2.12 bits per heavy atom. The number of nitrogens with zero attached hydrogens (tertiary/aromatic N) is 1. The van der Waals surface area contributed by atoms with Crippen LogP contribution >= 0.6 is 34.3 Å². The number of carbonyl (C=O) groups excluding carboxylic acids is 1. The third-order valence-electron chi connectivity index (χ3n) is 4.33. The summed E-state index contributed by atoms with van der Waals surface area (Å²) in [5.74, 6) is -0.0116. The van der Waals surface area contributed by atoms with Crippen LogP contribution in [0.2, 0.25) is 5.02 Å². The lowest BCUT2D eigenvalue weighted by Gasteiger charge is -2.34. The lowest BCUT2D eigenvalue weighted by atomic mass is 9.98. The maximum absolute atomic E-state index is 12.6. The predicted octanol–water partition coefficient (Wildman–Crippen LogP) is 5.05. The summed E-state index contributed by atoms with van der Waals surface area (Å²) in [4.78, 5) is 17.6. The molecule has 2 aromatic heterocycles. The summed E-state index contributed by atoms with van der Waals surface area (Å²) >= 11 is 9.56. The number of hydrogen-bond acceptors (Lipinski definition) is 4. The van der Waals surface area contributed by atoms with Crippen molar-refractivity contribution in [3.63, 3.8) is 0 Å². The third-order valence-corrected chi connectivity index (χ3v) is 6.49. The van der Waals surface area contributed by atoms with E-state index in [1.807, 2.05) is 23.5 Å². The van der Waals surface area contributed by atoms with Crippen molar-refractivity contribution in [3.8, 4) is 0 Å². The van der Waals surface area contributed by atoms with Gasteiger partial charge in [-0.3, -0.25) is 9.69 Å². The van der Waals surface area contributed by atoms with E-state index < -0.39 is 0 Å². The van der Waals surface area contributed by atoms with Crippen LogP contribution in [0.25, 0.3) is 0 Å². The van der Waals surface area contributed by atoms with Gasteiger partial charge in [0.2, 0.25) is 5.91 Å². The molecule has 0 unspecified atom stereocenters. The Balaban J connectivity index is 1.54. The topological polar surface area (TPSA) is 32.3 Å².